The quantitative estimate of drug-likeness (QED) is 0.686. The molecule has 0 fully saturated rings. The molecule has 0 atom stereocenters. The summed E-state index contributed by atoms with van der Waals surface area (Å²) in [5, 5.41) is 2.89. The molecule has 0 aliphatic heterocycles. The summed E-state index contributed by atoms with van der Waals surface area (Å²) < 4.78 is 0. The van der Waals surface area contributed by atoms with Gasteiger partial charge in [-0.2, -0.15) is 11.8 Å². The zero-order chi connectivity index (χ0) is 17.3. The first kappa shape index (κ1) is 17.2. The predicted molar refractivity (Wildman–Crippen MR) is 103 cm³/mol. The van der Waals surface area contributed by atoms with E-state index < -0.39 is 0 Å². The van der Waals surface area contributed by atoms with Crippen LogP contribution in [0.15, 0.2) is 79.0 Å². The van der Waals surface area contributed by atoms with Crippen LogP contribution in [0, 0.1) is 0 Å². The molecule has 0 saturated heterocycles. The van der Waals surface area contributed by atoms with Gasteiger partial charge in [-0.15, -0.1) is 0 Å². The standard InChI is InChI=1S/C21H20N2OS/c24-21(23-14-20-8-4-5-13-22-20)19-11-9-18(10-12-19)16-25-15-17-6-2-1-3-7-17/h1-13H,14-16H2,(H,23,24). The second-order valence-electron chi connectivity index (χ2n) is 5.68. The van der Waals surface area contributed by atoms with Crippen LogP contribution in [0.25, 0.3) is 0 Å². The molecule has 126 valence electrons. The Bertz CT molecular complexity index is 789. The predicted octanol–water partition coefficient (Wildman–Crippen LogP) is 4.45. The van der Waals surface area contributed by atoms with E-state index in [1.165, 1.54) is 11.1 Å². The molecular formula is C21H20N2OS. The van der Waals surface area contributed by atoms with Gasteiger partial charge in [-0.1, -0.05) is 48.5 Å². The van der Waals surface area contributed by atoms with Crippen LogP contribution in [0.2, 0.25) is 0 Å². The fraction of sp³-hybridized carbons (Fsp3) is 0.143. The molecule has 0 aliphatic rings. The van der Waals surface area contributed by atoms with Crippen LogP contribution < -0.4 is 5.32 Å². The summed E-state index contributed by atoms with van der Waals surface area (Å²) in [5.74, 6) is 1.85. The van der Waals surface area contributed by atoms with E-state index in [9.17, 15) is 4.79 Å². The Morgan fingerprint density at radius 1 is 0.840 bits per heavy atom. The van der Waals surface area contributed by atoms with Crippen LogP contribution in [-0.2, 0) is 18.1 Å². The molecule has 0 unspecified atom stereocenters. The van der Waals surface area contributed by atoms with Crippen LogP contribution in [0.5, 0.6) is 0 Å². The zero-order valence-electron chi connectivity index (χ0n) is 13.9. The number of nitrogens with zero attached hydrogens (tertiary/aromatic N) is 1. The van der Waals surface area contributed by atoms with Crippen LogP contribution in [0.4, 0.5) is 0 Å². The Hall–Kier alpha value is -2.59. The number of aromatic nitrogens is 1. The van der Waals surface area contributed by atoms with Gasteiger partial charge in [-0.25, -0.2) is 0 Å². The highest BCUT2D eigenvalue weighted by molar-refractivity contribution is 7.97. The molecule has 2 aromatic carbocycles. The van der Waals surface area contributed by atoms with Crippen molar-refractivity contribution in [3.05, 3.63) is 101 Å². The third kappa shape index (κ3) is 5.47. The Morgan fingerprint density at radius 2 is 1.52 bits per heavy atom. The van der Waals surface area contributed by atoms with Gasteiger partial charge in [0.15, 0.2) is 0 Å². The first-order valence-corrected chi connectivity index (χ1v) is 9.35. The summed E-state index contributed by atoms with van der Waals surface area (Å²) in [5.41, 5.74) is 4.08. The van der Waals surface area contributed by atoms with Crippen molar-refractivity contribution in [3.8, 4) is 0 Å². The topological polar surface area (TPSA) is 42.0 Å². The van der Waals surface area contributed by atoms with Gasteiger partial charge in [-0.05, 0) is 35.4 Å². The van der Waals surface area contributed by atoms with Crippen molar-refractivity contribution in [2.45, 2.75) is 18.1 Å². The summed E-state index contributed by atoms with van der Waals surface area (Å²) in [6.45, 7) is 0.439. The second-order valence-corrected chi connectivity index (χ2v) is 6.66. The first-order valence-electron chi connectivity index (χ1n) is 8.20. The summed E-state index contributed by atoms with van der Waals surface area (Å²) in [6, 6.07) is 23.9. The van der Waals surface area contributed by atoms with Crippen LogP contribution in [0.3, 0.4) is 0 Å². The minimum Gasteiger partial charge on any atom is -0.346 e. The number of thioether (sulfide) groups is 1. The van der Waals surface area contributed by atoms with E-state index >= 15 is 0 Å². The van der Waals surface area contributed by atoms with Crippen LogP contribution in [0.1, 0.15) is 27.2 Å². The van der Waals surface area contributed by atoms with E-state index in [0.717, 1.165) is 17.2 Å². The number of rotatable bonds is 7. The highest BCUT2D eigenvalue weighted by Gasteiger charge is 2.05. The van der Waals surface area contributed by atoms with Gasteiger partial charge in [0, 0.05) is 23.3 Å². The average Bonchev–Trinajstić information content (AvgIpc) is 2.68. The molecule has 0 radical (unpaired) electrons. The lowest BCUT2D eigenvalue weighted by atomic mass is 10.1. The molecule has 0 spiro atoms. The smallest absolute Gasteiger partial charge is 0.251 e. The Balaban J connectivity index is 1.47. The van der Waals surface area contributed by atoms with Crippen molar-refractivity contribution < 1.29 is 4.79 Å². The number of hydrogen-bond donors (Lipinski definition) is 1. The van der Waals surface area contributed by atoms with E-state index in [1.54, 1.807) is 6.20 Å². The van der Waals surface area contributed by atoms with Gasteiger partial charge < -0.3 is 5.32 Å². The maximum Gasteiger partial charge on any atom is 0.251 e. The van der Waals surface area contributed by atoms with Gasteiger partial charge in [-0.3, -0.25) is 9.78 Å². The maximum absolute atomic E-state index is 12.2. The van der Waals surface area contributed by atoms with Crippen molar-refractivity contribution in [2.75, 3.05) is 0 Å². The molecule has 1 aromatic heterocycles. The number of nitrogens with one attached hydrogen (secondary N) is 1. The van der Waals surface area contributed by atoms with Gasteiger partial charge in [0.1, 0.15) is 0 Å². The third-order valence-electron chi connectivity index (χ3n) is 3.75. The number of pyridine rings is 1. The van der Waals surface area contributed by atoms with E-state index in [0.29, 0.717) is 12.1 Å². The first-order chi connectivity index (χ1) is 12.3. The monoisotopic (exact) mass is 348 g/mol. The summed E-state index contributed by atoms with van der Waals surface area (Å²) in [6.07, 6.45) is 1.73. The lowest BCUT2D eigenvalue weighted by Crippen LogP contribution is -2.23. The largest absolute Gasteiger partial charge is 0.346 e. The van der Waals surface area contributed by atoms with Crippen molar-refractivity contribution in [2.24, 2.45) is 0 Å². The normalized spacial score (nSPS) is 10.4. The van der Waals surface area contributed by atoms with Crippen LogP contribution >= 0.6 is 11.8 Å². The second kappa shape index (κ2) is 9.04. The lowest BCUT2D eigenvalue weighted by molar-refractivity contribution is 0.0950. The van der Waals surface area contributed by atoms with Crippen molar-refractivity contribution in [3.63, 3.8) is 0 Å². The van der Waals surface area contributed by atoms with E-state index in [2.05, 4.69) is 34.6 Å². The molecule has 3 aromatic rings. The fourth-order valence-corrected chi connectivity index (χ4v) is 3.35. The van der Waals surface area contributed by atoms with E-state index in [4.69, 9.17) is 0 Å². The summed E-state index contributed by atoms with van der Waals surface area (Å²) in [4.78, 5) is 16.4. The van der Waals surface area contributed by atoms with Crippen molar-refractivity contribution >= 4 is 17.7 Å². The van der Waals surface area contributed by atoms with Gasteiger partial charge in [0.2, 0.25) is 0 Å². The SMILES string of the molecule is O=C(NCc1ccccn1)c1ccc(CSCc2ccccc2)cc1. The van der Waals surface area contributed by atoms with Gasteiger partial charge >= 0.3 is 0 Å². The molecule has 0 bridgehead atoms. The lowest BCUT2D eigenvalue weighted by Gasteiger charge is -2.06. The number of amides is 1. The molecule has 3 rings (SSSR count). The minimum atomic E-state index is -0.0749. The molecule has 4 heteroatoms. The number of carbonyl (C=O) groups is 1. The third-order valence-corrected chi connectivity index (χ3v) is 4.83. The molecule has 0 aliphatic carbocycles. The minimum absolute atomic E-state index is 0.0749. The Kier molecular flexibility index (Phi) is 6.23. The van der Waals surface area contributed by atoms with E-state index in [-0.39, 0.29) is 5.91 Å². The summed E-state index contributed by atoms with van der Waals surface area (Å²) >= 11 is 1.87. The Labute approximate surface area is 152 Å². The average molecular weight is 348 g/mol. The Morgan fingerprint density at radius 3 is 2.20 bits per heavy atom. The van der Waals surface area contributed by atoms with Gasteiger partial charge in [0.05, 0.1) is 12.2 Å². The molecular weight excluding hydrogens is 328 g/mol. The molecule has 25 heavy (non-hydrogen) atoms. The van der Waals surface area contributed by atoms with Crippen LogP contribution in [-0.4, -0.2) is 10.9 Å². The van der Waals surface area contributed by atoms with E-state index in [1.807, 2.05) is 60.3 Å². The highest BCUT2D eigenvalue weighted by Crippen LogP contribution is 2.18. The molecule has 1 amide bonds. The molecule has 0 saturated carbocycles. The molecule has 3 nitrogen and oxygen atoms in total. The molecule has 1 N–H and O–H groups in total. The fourth-order valence-electron chi connectivity index (χ4n) is 2.39. The van der Waals surface area contributed by atoms with Gasteiger partial charge in [0.25, 0.3) is 5.91 Å². The summed E-state index contributed by atoms with van der Waals surface area (Å²) in [7, 11) is 0. The van der Waals surface area contributed by atoms with Crippen molar-refractivity contribution in [1.82, 2.24) is 10.3 Å². The highest BCUT2D eigenvalue weighted by atomic mass is 32.2. The number of carbonyl (C=O) groups excluding carboxylic acids is 1. The zero-order valence-corrected chi connectivity index (χ0v) is 14.7. The number of benzene rings is 2. The van der Waals surface area contributed by atoms with Crippen molar-refractivity contribution in [1.29, 1.82) is 0 Å². The molecule has 1 heterocycles. The maximum atomic E-state index is 12.2. The number of hydrogen-bond acceptors (Lipinski definition) is 3.